The van der Waals surface area contributed by atoms with Crippen LogP contribution in [-0.2, 0) is 17.8 Å². The number of carbonyl (C=O) groups is 1. The maximum absolute atomic E-state index is 11.5. The summed E-state index contributed by atoms with van der Waals surface area (Å²) in [5, 5.41) is 0. The molecule has 2 aliphatic rings. The van der Waals surface area contributed by atoms with Gasteiger partial charge in [-0.05, 0) is 19.3 Å². The van der Waals surface area contributed by atoms with Gasteiger partial charge >= 0.3 is 0 Å². The van der Waals surface area contributed by atoms with Crippen molar-refractivity contribution in [2.75, 3.05) is 26.7 Å². The third kappa shape index (κ3) is 2.66. The summed E-state index contributed by atoms with van der Waals surface area (Å²) in [6.07, 6.45) is 2.79. The van der Waals surface area contributed by atoms with Crippen LogP contribution in [0.25, 0.3) is 0 Å². The van der Waals surface area contributed by atoms with Crippen LogP contribution in [-0.4, -0.2) is 52.4 Å². The van der Waals surface area contributed by atoms with Crippen molar-refractivity contribution < 1.29 is 4.79 Å². The first kappa shape index (κ1) is 12.7. The van der Waals surface area contributed by atoms with Gasteiger partial charge in [0.05, 0.1) is 11.4 Å². The monoisotopic (exact) mass is 262 g/mol. The molecule has 2 aliphatic heterocycles. The second-order valence-electron chi connectivity index (χ2n) is 5.91. The van der Waals surface area contributed by atoms with Crippen molar-refractivity contribution in [2.45, 2.75) is 32.7 Å². The third-order valence-electron chi connectivity index (χ3n) is 4.27. The molecule has 1 atom stereocenters. The molecule has 3 rings (SSSR count). The number of piperidine rings is 1. The van der Waals surface area contributed by atoms with E-state index in [2.05, 4.69) is 14.9 Å². The number of amides is 1. The Hall–Kier alpha value is -1.36. The van der Waals surface area contributed by atoms with E-state index >= 15 is 0 Å². The highest BCUT2D eigenvalue weighted by atomic mass is 16.2. The first-order chi connectivity index (χ1) is 9.11. The second kappa shape index (κ2) is 4.96. The number of aryl methyl sites for hydroxylation is 1. The molecule has 0 saturated carbocycles. The molecule has 1 aromatic rings. The molecule has 0 bridgehead atoms. The van der Waals surface area contributed by atoms with Gasteiger partial charge in [-0.3, -0.25) is 9.69 Å². The predicted octanol–water partition coefficient (Wildman–Crippen LogP) is 0.945. The van der Waals surface area contributed by atoms with Gasteiger partial charge in [0.25, 0.3) is 0 Å². The number of aromatic nitrogens is 2. The van der Waals surface area contributed by atoms with Crippen molar-refractivity contribution in [1.29, 1.82) is 0 Å². The van der Waals surface area contributed by atoms with Gasteiger partial charge in [0, 0.05) is 46.1 Å². The number of carbonyl (C=O) groups excluding carboxylic acids is 1. The average molecular weight is 262 g/mol. The van der Waals surface area contributed by atoms with E-state index in [0.29, 0.717) is 18.2 Å². The molecule has 5 heteroatoms. The van der Waals surface area contributed by atoms with Crippen molar-refractivity contribution in [2.24, 2.45) is 5.92 Å². The number of fused-ring (bicyclic) bond motifs is 1. The van der Waals surface area contributed by atoms with Gasteiger partial charge in [-0.15, -0.1) is 0 Å². The molecule has 1 fully saturated rings. The number of nitrogens with zero attached hydrogens (tertiary/aromatic N) is 3. The summed E-state index contributed by atoms with van der Waals surface area (Å²) in [6.45, 7) is 6.08. The average Bonchev–Trinajstić information content (AvgIpc) is 2.73. The summed E-state index contributed by atoms with van der Waals surface area (Å²) >= 11 is 0. The molecule has 0 aliphatic carbocycles. The molecular weight excluding hydrogens is 240 g/mol. The highest BCUT2D eigenvalue weighted by Crippen LogP contribution is 2.21. The lowest BCUT2D eigenvalue weighted by Gasteiger charge is -2.34. The first-order valence-electron chi connectivity index (χ1n) is 7.12. The minimum absolute atomic E-state index is 0.293. The number of likely N-dealkylation sites (tertiary alicyclic amines) is 1. The fourth-order valence-electron chi connectivity index (χ4n) is 3.26. The lowest BCUT2D eigenvalue weighted by atomic mass is 9.96. The van der Waals surface area contributed by atoms with Crippen LogP contribution in [0.4, 0.5) is 0 Å². The van der Waals surface area contributed by atoms with Crippen LogP contribution >= 0.6 is 0 Å². The van der Waals surface area contributed by atoms with Crippen LogP contribution in [0, 0.1) is 12.8 Å². The summed E-state index contributed by atoms with van der Waals surface area (Å²) in [5.41, 5.74) is 2.52. The quantitative estimate of drug-likeness (QED) is 0.863. The summed E-state index contributed by atoms with van der Waals surface area (Å²) in [6, 6.07) is 0. The topological polar surface area (TPSA) is 52.2 Å². The Labute approximate surface area is 114 Å². The summed E-state index contributed by atoms with van der Waals surface area (Å²) < 4.78 is 0. The van der Waals surface area contributed by atoms with E-state index in [1.807, 2.05) is 18.9 Å². The summed E-state index contributed by atoms with van der Waals surface area (Å²) in [4.78, 5) is 23.8. The molecule has 1 saturated heterocycles. The van der Waals surface area contributed by atoms with Crippen molar-refractivity contribution >= 4 is 5.91 Å². The Morgan fingerprint density at radius 2 is 2.26 bits per heavy atom. The highest BCUT2D eigenvalue weighted by Gasteiger charge is 2.26. The number of nitrogens with one attached hydrogen (secondary N) is 1. The molecule has 1 aromatic heterocycles. The molecule has 0 spiro atoms. The van der Waals surface area contributed by atoms with E-state index in [1.165, 1.54) is 11.4 Å². The molecule has 1 unspecified atom stereocenters. The largest absolute Gasteiger partial charge is 0.345 e. The Kier molecular flexibility index (Phi) is 3.31. The van der Waals surface area contributed by atoms with Gasteiger partial charge in [-0.2, -0.15) is 0 Å². The zero-order valence-electron chi connectivity index (χ0n) is 11.8. The predicted molar refractivity (Wildman–Crippen MR) is 72.7 cm³/mol. The molecule has 1 N–H and O–H groups in total. The van der Waals surface area contributed by atoms with E-state index in [-0.39, 0.29) is 0 Å². The first-order valence-corrected chi connectivity index (χ1v) is 7.12. The Morgan fingerprint density at radius 1 is 1.42 bits per heavy atom. The van der Waals surface area contributed by atoms with E-state index in [9.17, 15) is 4.79 Å². The molecule has 0 radical (unpaired) electrons. The Balaban J connectivity index is 1.58. The highest BCUT2D eigenvalue weighted by molar-refractivity contribution is 5.76. The molecule has 104 valence electrons. The van der Waals surface area contributed by atoms with Crippen LogP contribution in [0.5, 0.6) is 0 Å². The maximum Gasteiger partial charge on any atom is 0.222 e. The van der Waals surface area contributed by atoms with Gasteiger partial charge in [0.2, 0.25) is 5.91 Å². The van der Waals surface area contributed by atoms with Crippen molar-refractivity contribution in [3.63, 3.8) is 0 Å². The van der Waals surface area contributed by atoms with Crippen molar-refractivity contribution in [3.8, 4) is 0 Å². The minimum Gasteiger partial charge on any atom is -0.345 e. The van der Waals surface area contributed by atoms with Crippen molar-refractivity contribution in [3.05, 3.63) is 17.2 Å². The van der Waals surface area contributed by atoms with Gasteiger partial charge in [-0.25, -0.2) is 4.98 Å². The number of aromatic amines is 1. The zero-order valence-corrected chi connectivity index (χ0v) is 11.8. The van der Waals surface area contributed by atoms with Crippen LogP contribution in [0.15, 0.2) is 0 Å². The standard InChI is InChI=1S/C14H22N4O/c1-10-15-12-5-6-18(9-13(12)16-10)8-11-3-4-14(19)17(2)7-11/h11H,3-9H2,1-2H3,(H,15,16). The fraction of sp³-hybridized carbons (Fsp3) is 0.714. The number of hydrogen-bond donors (Lipinski definition) is 1. The molecule has 1 amide bonds. The van der Waals surface area contributed by atoms with Crippen LogP contribution in [0.2, 0.25) is 0 Å². The SMILES string of the molecule is Cc1nc2c([nH]1)CN(CC1CCC(=O)N(C)C1)CC2. The number of rotatable bonds is 2. The molecule has 3 heterocycles. The van der Waals surface area contributed by atoms with Gasteiger partial charge in [0.1, 0.15) is 5.82 Å². The number of imidazole rings is 1. The van der Waals surface area contributed by atoms with E-state index in [1.54, 1.807) is 0 Å². The normalized spacial score (nSPS) is 24.6. The van der Waals surface area contributed by atoms with Gasteiger partial charge < -0.3 is 9.88 Å². The second-order valence-corrected chi connectivity index (χ2v) is 5.91. The number of hydrogen-bond acceptors (Lipinski definition) is 3. The summed E-state index contributed by atoms with van der Waals surface area (Å²) in [5.74, 6) is 1.93. The van der Waals surface area contributed by atoms with Gasteiger partial charge in [0.15, 0.2) is 0 Å². The third-order valence-corrected chi connectivity index (χ3v) is 4.27. The molecule has 19 heavy (non-hydrogen) atoms. The smallest absolute Gasteiger partial charge is 0.222 e. The molecule has 0 aromatic carbocycles. The lowest BCUT2D eigenvalue weighted by molar-refractivity contribution is -0.133. The number of H-pyrrole nitrogens is 1. The van der Waals surface area contributed by atoms with Crippen LogP contribution in [0.3, 0.4) is 0 Å². The van der Waals surface area contributed by atoms with Crippen LogP contribution in [0.1, 0.15) is 30.1 Å². The Bertz CT molecular complexity index is 482. The van der Waals surface area contributed by atoms with Gasteiger partial charge in [-0.1, -0.05) is 0 Å². The molecular formula is C14H22N4O. The van der Waals surface area contributed by atoms with Crippen LogP contribution < -0.4 is 0 Å². The van der Waals surface area contributed by atoms with E-state index < -0.39 is 0 Å². The minimum atomic E-state index is 0.293. The maximum atomic E-state index is 11.5. The Morgan fingerprint density at radius 3 is 3.05 bits per heavy atom. The zero-order chi connectivity index (χ0) is 13.4. The fourth-order valence-corrected chi connectivity index (χ4v) is 3.26. The van der Waals surface area contributed by atoms with E-state index in [0.717, 1.165) is 44.8 Å². The lowest BCUT2D eigenvalue weighted by Crippen LogP contribution is -2.43. The molecule has 5 nitrogen and oxygen atoms in total. The summed E-state index contributed by atoms with van der Waals surface area (Å²) in [7, 11) is 1.92. The van der Waals surface area contributed by atoms with Crippen molar-refractivity contribution in [1.82, 2.24) is 19.8 Å². The van der Waals surface area contributed by atoms with E-state index in [4.69, 9.17) is 0 Å².